The van der Waals surface area contributed by atoms with Gasteiger partial charge in [0.15, 0.2) is 5.84 Å². The number of nitrogens with one attached hydrogen (secondary N) is 1. The Bertz CT molecular complexity index is 3180. The van der Waals surface area contributed by atoms with Crippen molar-refractivity contribution in [2.75, 3.05) is 0 Å². The quantitative estimate of drug-likeness (QED) is 0.173. The summed E-state index contributed by atoms with van der Waals surface area (Å²) < 4.78 is 6.48. The Hall–Kier alpha value is -7.56. The first-order valence-electron chi connectivity index (χ1n) is 19.3. The van der Waals surface area contributed by atoms with Gasteiger partial charge in [-0.05, 0) is 84.8 Å². The maximum atomic E-state index is 6.48. The molecule has 268 valence electrons. The summed E-state index contributed by atoms with van der Waals surface area (Å²) in [6.45, 7) is 0. The van der Waals surface area contributed by atoms with Crippen LogP contribution in [-0.4, -0.2) is 11.7 Å². The highest BCUT2D eigenvalue weighted by Crippen LogP contribution is 2.37. The van der Waals surface area contributed by atoms with Crippen LogP contribution in [0.1, 0.15) is 22.9 Å². The molecule has 0 fully saturated rings. The Morgan fingerprint density at radius 1 is 0.404 bits per heavy atom. The maximum absolute atomic E-state index is 6.48. The van der Waals surface area contributed by atoms with Gasteiger partial charge in [0.25, 0.3) is 0 Å². The normalized spacial score (nSPS) is 14.1. The Morgan fingerprint density at radius 3 is 1.77 bits per heavy atom. The number of aliphatic imine (C=N–C) groups is 2. The molecule has 1 unspecified atom stereocenters. The van der Waals surface area contributed by atoms with Gasteiger partial charge >= 0.3 is 0 Å². The van der Waals surface area contributed by atoms with E-state index in [4.69, 9.17) is 14.4 Å². The molecule has 10 aromatic rings. The lowest BCUT2D eigenvalue weighted by Gasteiger charge is -2.24. The molecular formula is C53H35N3O. The molecule has 1 N–H and O–H groups in total. The van der Waals surface area contributed by atoms with E-state index in [1.54, 1.807) is 0 Å². The third-order valence-electron chi connectivity index (χ3n) is 11.2. The van der Waals surface area contributed by atoms with E-state index in [0.717, 1.165) is 61.2 Å². The van der Waals surface area contributed by atoms with E-state index < -0.39 is 0 Å². The SMILES string of the molecule is c1ccc(C2=NC(c3cccc4oc5ccc(-c6ccc7c(ccc8ccccc87)c6)cc5c34)=NC(c3ccc(-c4ccc(-c5ccccc5)cc4)cc3)N2)cc1. The van der Waals surface area contributed by atoms with Crippen LogP contribution in [0.2, 0.25) is 0 Å². The van der Waals surface area contributed by atoms with Gasteiger partial charge in [-0.3, -0.25) is 0 Å². The number of amidine groups is 2. The van der Waals surface area contributed by atoms with E-state index in [1.807, 2.05) is 36.4 Å². The molecule has 0 bridgehead atoms. The maximum Gasteiger partial charge on any atom is 0.160 e. The summed E-state index contributed by atoms with van der Waals surface area (Å²) in [4.78, 5) is 10.5. The fourth-order valence-electron chi connectivity index (χ4n) is 8.21. The smallest absolute Gasteiger partial charge is 0.160 e. The van der Waals surface area contributed by atoms with Crippen molar-refractivity contribution < 1.29 is 4.42 Å². The van der Waals surface area contributed by atoms with Crippen LogP contribution in [0.4, 0.5) is 0 Å². The molecule has 0 spiro atoms. The zero-order valence-electron chi connectivity index (χ0n) is 30.9. The number of hydrogen-bond acceptors (Lipinski definition) is 4. The van der Waals surface area contributed by atoms with Gasteiger partial charge < -0.3 is 9.73 Å². The van der Waals surface area contributed by atoms with Crippen LogP contribution in [-0.2, 0) is 0 Å². The molecular weight excluding hydrogens is 695 g/mol. The van der Waals surface area contributed by atoms with Crippen LogP contribution < -0.4 is 5.32 Å². The van der Waals surface area contributed by atoms with Gasteiger partial charge in [-0.1, -0.05) is 176 Å². The van der Waals surface area contributed by atoms with Crippen LogP contribution >= 0.6 is 0 Å². The second-order valence-electron chi connectivity index (χ2n) is 14.6. The minimum absolute atomic E-state index is 0.347. The van der Waals surface area contributed by atoms with Crippen molar-refractivity contribution >= 4 is 55.2 Å². The van der Waals surface area contributed by atoms with Gasteiger partial charge in [0.2, 0.25) is 0 Å². The summed E-state index contributed by atoms with van der Waals surface area (Å²) >= 11 is 0. The standard InChI is InChI=1S/C53H35N3O/c1-3-10-34(11-4-1)35-18-20-36(21-19-35)37-22-25-40(26-23-37)52-54-51(39-13-5-2-6-14-39)55-53(56-52)46-16-9-17-49-50(46)47-33-42(29-31-48(47)57-49)41-28-30-45-43(32-41)27-24-38-12-7-8-15-44(38)45/h1-33,52H,(H,54,55,56). The average molecular weight is 730 g/mol. The molecule has 0 aliphatic carbocycles. The topological polar surface area (TPSA) is 49.9 Å². The van der Waals surface area contributed by atoms with Crippen LogP contribution in [0.3, 0.4) is 0 Å². The Balaban J connectivity index is 0.983. The van der Waals surface area contributed by atoms with Crippen LogP contribution in [0.5, 0.6) is 0 Å². The van der Waals surface area contributed by atoms with Crippen molar-refractivity contribution in [2.24, 2.45) is 9.98 Å². The molecule has 11 rings (SSSR count). The van der Waals surface area contributed by atoms with Crippen molar-refractivity contribution in [1.29, 1.82) is 0 Å². The van der Waals surface area contributed by atoms with Gasteiger partial charge in [0.1, 0.15) is 23.2 Å². The average Bonchev–Trinajstić information content (AvgIpc) is 3.68. The lowest BCUT2D eigenvalue weighted by Crippen LogP contribution is -2.33. The van der Waals surface area contributed by atoms with Crippen LogP contribution in [0.25, 0.3) is 76.9 Å². The molecule has 1 aliphatic rings. The Morgan fingerprint density at radius 2 is 1.00 bits per heavy atom. The first-order chi connectivity index (χ1) is 28.2. The lowest BCUT2D eigenvalue weighted by atomic mass is 9.96. The van der Waals surface area contributed by atoms with E-state index in [0.29, 0.717) is 5.84 Å². The van der Waals surface area contributed by atoms with E-state index in [2.05, 4.69) is 169 Å². The fourth-order valence-corrected chi connectivity index (χ4v) is 8.21. The van der Waals surface area contributed by atoms with Gasteiger partial charge in [-0.25, -0.2) is 9.98 Å². The molecule has 1 aliphatic heterocycles. The summed E-state index contributed by atoms with van der Waals surface area (Å²) in [7, 11) is 0. The zero-order valence-corrected chi connectivity index (χ0v) is 30.9. The number of nitrogens with zero attached hydrogens (tertiary/aromatic N) is 2. The Kier molecular flexibility index (Phi) is 7.85. The third-order valence-corrected chi connectivity index (χ3v) is 11.2. The number of furan rings is 1. The first-order valence-corrected chi connectivity index (χ1v) is 19.3. The number of rotatable bonds is 6. The van der Waals surface area contributed by atoms with Crippen molar-refractivity contribution in [2.45, 2.75) is 6.17 Å². The fraction of sp³-hybridized carbons (Fsp3) is 0.0189. The van der Waals surface area contributed by atoms with E-state index >= 15 is 0 Å². The lowest BCUT2D eigenvalue weighted by molar-refractivity contribution is 0.668. The van der Waals surface area contributed by atoms with Crippen molar-refractivity contribution in [3.05, 3.63) is 217 Å². The minimum atomic E-state index is -0.347. The van der Waals surface area contributed by atoms with E-state index in [1.165, 1.54) is 38.2 Å². The highest BCUT2D eigenvalue weighted by Gasteiger charge is 2.24. The largest absolute Gasteiger partial charge is 0.456 e. The molecule has 57 heavy (non-hydrogen) atoms. The molecule has 4 nitrogen and oxygen atoms in total. The molecule has 0 saturated carbocycles. The second-order valence-corrected chi connectivity index (χ2v) is 14.6. The number of fused-ring (bicyclic) bond motifs is 6. The summed E-state index contributed by atoms with van der Waals surface area (Å²) in [5.41, 5.74) is 11.7. The van der Waals surface area contributed by atoms with Crippen molar-refractivity contribution in [1.82, 2.24) is 5.32 Å². The van der Waals surface area contributed by atoms with Crippen LogP contribution in [0.15, 0.2) is 215 Å². The predicted octanol–water partition coefficient (Wildman–Crippen LogP) is 13.4. The molecule has 0 radical (unpaired) electrons. The summed E-state index contributed by atoms with van der Waals surface area (Å²) in [6.07, 6.45) is -0.347. The third kappa shape index (κ3) is 5.96. The summed E-state index contributed by atoms with van der Waals surface area (Å²) in [6, 6.07) is 70.6. The van der Waals surface area contributed by atoms with Crippen molar-refractivity contribution in [3.8, 4) is 33.4 Å². The van der Waals surface area contributed by atoms with Gasteiger partial charge in [-0.2, -0.15) is 0 Å². The molecule has 2 heterocycles. The molecule has 0 amide bonds. The van der Waals surface area contributed by atoms with E-state index in [9.17, 15) is 0 Å². The molecule has 4 heteroatoms. The highest BCUT2D eigenvalue weighted by molar-refractivity contribution is 6.22. The number of benzene rings is 9. The minimum Gasteiger partial charge on any atom is -0.456 e. The summed E-state index contributed by atoms with van der Waals surface area (Å²) in [5.74, 6) is 1.44. The molecule has 9 aromatic carbocycles. The van der Waals surface area contributed by atoms with Gasteiger partial charge in [0, 0.05) is 21.9 Å². The monoisotopic (exact) mass is 729 g/mol. The van der Waals surface area contributed by atoms with Gasteiger partial charge in [-0.15, -0.1) is 0 Å². The highest BCUT2D eigenvalue weighted by atomic mass is 16.3. The predicted molar refractivity (Wildman–Crippen MR) is 237 cm³/mol. The number of hydrogen-bond donors (Lipinski definition) is 1. The van der Waals surface area contributed by atoms with Crippen LogP contribution in [0, 0.1) is 0 Å². The summed E-state index contributed by atoms with van der Waals surface area (Å²) in [5, 5.41) is 10.7. The van der Waals surface area contributed by atoms with E-state index in [-0.39, 0.29) is 6.17 Å². The Labute approximate surface area is 330 Å². The molecule has 0 saturated heterocycles. The van der Waals surface area contributed by atoms with Crippen molar-refractivity contribution in [3.63, 3.8) is 0 Å². The molecule has 1 aromatic heterocycles. The first kappa shape index (κ1) is 32.8. The second kappa shape index (κ2) is 13.6. The zero-order chi connectivity index (χ0) is 37.7. The molecule has 1 atom stereocenters. The van der Waals surface area contributed by atoms with Gasteiger partial charge in [0.05, 0.1) is 0 Å².